The van der Waals surface area contributed by atoms with Crippen molar-refractivity contribution in [2.75, 3.05) is 13.1 Å². The number of hydrogen-bond donors (Lipinski definition) is 3. The van der Waals surface area contributed by atoms with Crippen molar-refractivity contribution in [3.8, 4) is 0 Å². The van der Waals surface area contributed by atoms with E-state index in [1.54, 1.807) is 0 Å². The van der Waals surface area contributed by atoms with Gasteiger partial charge in [0, 0.05) is 18.6 Å². The molecule has 116 valence electrons. The summed E-state index contributed by atoms with van der Waals surface area (Å²) >= 11 is 0. The van der Waals surface area contributed by atoms with Crippen LogP contribution in [-0.2, 0) is 14.4 Å². The molecule has 0 atom stereocenters. The Labute approximate surface area is 121 Å². The highest BCUT2D eigenvalue weighted by Crippen LogP contribution is 2.26. The van der Waals surface area contributed by atoms with Crippen LogP contribution in [0.1, 0.15) is 47.5 Å². The summed E-state index contributed by atoms with van der Waals surface area (Å²) in [6.45, 7) is 10.9. The lowest BCUT2D eigenvalue weighted by Gasteiger charge is -2.33. The van der Waals surface area contributed by atoms with Crippen LogP contribution >= 0.6 is 0 Å². The van der Waals surface area contributed by atoms with Gasteiger partial charge in [-0.1, -0.05) is 20.8 Å². The van der Waals surface area contributed by atoms with Crippen molar-refractivity contribution in [2.45, 2.75) is 53.0 Å². The summed E-state index contributed by atoms with van der Waals surface area (Å²) in [6, 6.07) is 0. The van der Waals surface area contributed by atoms with Gasteiger partial charge in [0.25, 0.3) is 0 Å². The van der Waals surface area contributed by atoms with E-state index in [0.717, 1.165) is 6.42 Å². The molecule has 0 saturated carbocycles. The molecule has 0 aliphatic carbocycles. The molecule has 6 nitrogen and oxygen atoms in total. The largest absolute Gasteiger partial charge is 0.359 e. The van der Waals surface area contributed by atoms with Crippen LogP contribution in [0.4, 0.5) is 0 Å². The molecule has 0 saturated heterocycles. The lowest BCUT2D eigenvalue weighted by molar-refractivity contribution is -0.140. The maximum Gasteiger partial charge on any atom is 0.309 e. The first-order valence-electron chi connectivity index (χ1n) is 6.85. The van der Waals surface area contributed by atoms with Crippen molar-refractivity contribution >= 4 is 18.2 Å². The van der Waals surface area contributed by atoms with Gasteiger partial charge in [0.15, 0.2) is 0 Å². The Hall–Kier alpha value is -1.59. The van der Waals surface area contributed by atoms with Gasteiger partial charge in [0.2, 0.25) is 6.41 Å². The molecule has 6 heteroatoms. The van der Waals surface area contributed by atoms with Crippen molar-refractivity contribution in [1.29, 1.82) is 0 Å². The third-order valence-corrected chi connectivity index (χ3v) is 2.50. The molecule has 3 amide bonds. The second-order valence-corrected chi connectivity index (χ2v) is 6.76. The van der Waals surface area contributed by atoms with Crippen LogP contribution in [0.3, 0.4) is 0 Å². The Morgan fingerprint density at radius 2 is 1.60 bits per heavy atom. The molecule has 0 aliphatic rings. The number of nitrogens with one attached hydrogen (secondary N) is 3. The topological polar surface area (TPSA) is 87.3 Å². The molecule has 0 fully saturated rings. The van der Waals surface area contributed by atoms with Gasteiger partial charge in [-0.25, -0.2) is 0 Å². The molecular formula is C14H27N3O3. The van der Waals surface area contributed by atoms with Gasteiger partial charge in [-0.15, -0.1) is 0 Å². The van der Waals surface area contributed by atoms with Crippen LogP contribution in [0.2, 0.25) is 0 Å². The van der Waals surface area contributed by atoms with Crippen LogP contribution in [0.25, 0.3) is 0 Å². The van der Waals surface area contributed by atoms with Crippen molar-refractivity contribution in [1.82, 2.24) is 16.0 Å². The average Bonchev–Trinajstić information content (AvgIpc) is 2.24. The standard InChI is InChI=1S/C14H27N3O3/c1-13(2,3)9-14(4,5)17-12(20)11(19)16-8-6-7-15-10-18/h10H,6-9H2,1-5H3,(H,15,18)(H,16,19)(H,17,20). The van der Waals surface area contributed by atoms with E-state index in [1.165, 1.54) is 0 Å². The Bertz CT molecular complexity index is 346. The fourth-order valence-corrected chi connectivity index (χ4v) is 2.27. The van der Waals surface area contributed by atoms with E-state index in [0.29, 0.717) is 25.9 Å². The Morgan fingerprint density at radius 1 is 1.00 bits per heavy atom. The number of hydrogen-bond acceptors (Lipinski definition) is 3. The maximum atomic E-state index is 11.8. The van der Waals surface area contributed by atoms with Crippen LogP contribution in [0, 0.1) is 5.41 Å². The van der Waals surface area contributed by atoms with E-state index in [2.05, 4.69) is 36.7 Å². The van der Waals surface area contributed by atoms with Crippen molar-refractivity contribution in [3.05, 3.63) is 0 Å². The average molecular weight is 285 g/mol. The first kappa shape index (κ1) is 18.4. The number of carbonyl (C=O) groups excluding carboxylic acids is 3. The summed E-state index contributed by atoms with van der Waals surface area (Å²) in [5, 5.41) is 7.74. The van der Waals surface area contributed by atoms with Gasteiger partial charge in [0.1, 0.15) is 0 Å². The maximum absolute atomic E-state index is 11.8. The lowest BCUT2D eigenvalue weighted by atomic mass is 9.82. The zero-order valence-electron chi connectivity index (χ0n) is 13.1. The van der Waals surface area contributed by atoms with Gasteiger partial charge < -0.3 is 16.0 Å². The summed E-state index contributed by atoms with van der Waals surface area (Å²) < 4.78 is 0. The minimum atomic E-state index is -0.641. The summed E-state index contributed by atoms with van der Waals surface area (Å²) in [5.41, 5.74) is -0.375. The number of rotatable bonds is 7. The van der Waals surface area contributed by atoms with Crippen LogP contribution in [-0.4, -0.2) is 36.9 Å². The Balaban J connectivity index is 4.12. The third-order valence-electron chi connectivity index (χ3n) is 2.50. The molecule has 0 unspecified atom stereocenters. The molecule has 0 aromatic rings. The third kappa shape index (κ3) is 9.35. The van der Waals surface area contributed by atoms with Gasteiger partial charge in [-0.05, 0) is 32.1 Å². The molecule has 0 aliphatic heterocycles. The summed E-state index contributed by atoms with van der Waals surface area (Å²) in [5.74, 6) is -1.26. The second kappa shape index (κ2) is 7.87. The van der Waals surface area contributed by atoms with E-state index in [4.69, 9.17) is 0 Å². The summed E-state index contributed by atoms with van der Waals surface area (Å²) in [7, 11) is 0. The number of carbonyl (C=O) groups is 3. The van der Waals surface area contributed by atoms with E-state index in [9.17, 15) is 14.4 Å². The molecule has 0 radical (unpaired) electrons. The van der Waals surface area contributed by atoms with Gasteiger partial charge in [-0.3, -0.25) is 14.4 Å². The zero-order valence-corrected chi connectivity index (χ0v) is 13.1. The van der Waals surface area contributed by atoms with Crippen LogP contribution < -0.4 is 16.0 Å². The van der Waals surface area contributed by atoms with Crippen molar-refractivity contribution in [3.63, 3.8) is 0 Å². The zero-order chi connectivity index (χ0) is 15.8. The van der Waals surface area contributed by atoms with E-state index >= 15 is 0 Å². The first-order chi connectivity index (χ1) is 9.07. The predicted molar refractivity (Wildman–Crippen MR) is 78.0 cm³/mol. The quantitative estimate of drug-likeness (QED) is 0.363. The van der Waals surface area contributed by atoms with E-state index < -0.39 is 17.4 Å². The molecule has 0 spiro atoms. The highest BCUT2D eigenvalue weighted by molar-refractivity contribution is 6.35. The monoisotopic (exact) mass is 285 g/mol. The summed E-state index contributed by atoms with van der Waals surface area (Å²) in [4.78, 5) is 33.4. The normalized spacial score (nSPS) is 11.7. The fraction of sp³-hybridized carbons (Fsp3) is 0.786. The molecule has 0 bridgehead atoms. The highest BCUT2D eigenvalue weighted by atomic mass is 16.2. The van der Waals surface area contributed by atoms with Crippen LogP contribution in [0.15, 0.2) is 0 Å². The molecule has 0 rings (SSSR count). The Morgan fingerprint density at radius 3 is 2.10 bits per heavy atom. The molecule has 3 N–H and O–H groups in total. The molecule has 0 aromatic heterocycles. The Kier molecular flexibility index (Phi) is 7.24. The molecule has 0 aromatic carbocycles. The fourth-order valence-electron chi connectivity index (χ4n) is 2.27. The van der Waals surface area contributed by atoms with Crippen molar-refractivity contribution < 1.29 is 14.4 Å². The highest BCUT2D eigenvalue weighted by Gasteiger charge is 2.28. The van der Waals surface area contributed by atoms with Gasteiger partial charge in [-0.2, -0.15) is 0 Å². The SMILES string of the molecule is CC(C)(C)CC(C)(C)NC(=O)C(=O)NCCCNC=O. The van der Waals surface area contributed by atoms with Gasteiger partial charge in [0.05, 0.1) is 0 Å². The lowest BCUT2D eigenvalue weighted by Crippen LogP contribution is -2.51. The van der Waals surface area contributed by atoms with Crippen molar-refractivity contribution in [2.24, 2.45) is 5.41 Å². The summed E-state index contributed by atoms with van der Waals surface area (Å²) in [6.07, 6.45) is 1.95. The van der Waals surface area contributed by atoms with E-state index in [-0.39, 0.29) is 5.41 Å². The molecule has 0 heterocycles. The van der Waals surface area contributed by atoms with Crippen LogP contribution in [0.5, 0.6) is 0 Å². The minimum Gasteiger partial charge on any atom is -0.359 e. The number of amides is 3. The molecular weight excluding hydrogens is 258 g/mol. The first-order valence-corrected chi connectivity index (χ1v) is 6.85. The second-order valence-electron chi connectivity index (χ2n) is 6.76. The smallest absolute Gasteiger partial charge is 0.309 e. The van der Waals surface area contributed by atoms with E-state index in [1.807, 2.05) is 13.8 Å². The predicted octanol–water partition coefficient (Wildman–Crippen LogP) is 0.570. The minimum absolute atomic E-state index is 0.0632. The van der Waals surface area contributed by atoms with Gasteiger partial charge >= 0.3 is 11.8 Å². The molecule has 20 heavy (non-hydrogen) atoms.